The van der Waals surface area contributed by atoms with Crippen molar-refractivity contribution < 1.29 is 4.79 Å². The number of hydrogen-bond donors (Lipinski definition) is 2. The Balaban J connectivity index is 1.77. The standard InChI is InChI=1S/C15H28N4O/c1-3-14(20)19-10-8-13(11-19)18-15(16-4-2)17-9-7-12-5-6-12/h12-13H,3-11H2,1-2H3,(H2,16,17,18). The summed E-state index contributed by atoms with van der Waals surface area (Å²) in [4.78, 5) is 18.3. The van der Waals surface area contributed by atoms with Crippen LogP contribution in [-0.2, 0) is 4.79 Å². The van der Waals surface area contributed by atoms with E-state index in [0.717, 1.165) is 44.5 Å². The third-order valence-electron chi connectivity index (χ3n) is 4.03. The molecule has 1 atom stereocenters. The van der Waals surface area contributed by atoms with Crippen molar-refractivity contribution in [2.24, 2.45) is 10.9 Å². The van der Waals surface area contributed by atoms with Crippen molar-refractivity contribution in [2.75, 3.05) is 26.2 Å². The Kier molecular flexibility index (Phi) is 5.68. The highest BCUT2D eigenvalue weighted by molar-refractivity contribution is 5.80. The summed E-state index contributed by atoms with van der Waals surface area (Å²) in [6, 6.07) is 0.337. The molecule has 1 saturated heterocycles. The minimum atomic E-state index is 0.255. The summed E-state index contributed by atoms with van der Waals surface area (Å²) in [5, 5.41) is 6.76. The molecule has 5 heteroatoms. The van der Waals surface area contributed by atoms with E-state index in [9.17, 15) is 4.79 Å². The van der Waals surface area contributed by atoms with Crippen LogP contribution in [0.5, 0.6) is 0 Å². The Hall–Kier alpha value is -1.26. The maximum absolute atomic E-state index is 11.7. The zero-order valence-electron chi connectivity index (χ0n) is 12.8. The minimum Gasteiger partial charge on any atom is -0.357 e. The molecule has 0 bridgehead atoms. The van der Waals surface area contributed by atoms with E-state index in [2.05, 4.69) is 22.5 Å². The van der Waals surface area contributed by atoms with Crippen molar-refractivity contribution in [3.05, 3.63) is 0 Å². The highest BCUT2D eigenvalue weighted by atomic mass is 16.2. The Labute approximate surface area is 122 Å². The zero-order chi connectivity index (χ0) is 14.4. The first kappa shape index (κ1) is 15.1. The summed E-state index contributed by atoms with van der Waals surface area (Å²) in [6.07, 6.45) is 5.59. The number of amides is 1. The van der Waals surface area contributed by atoms with E-state index in [0.29, 0.717) is 12.5 Å². The van der Waals surface area contributed by atoms with Crippen molar-refractivity contribution in [1.82, 2.24) is 15.5 Å². The fourth-order valence-electron chi connectivity index (χ4n) is 2.61. The van der Waals surface area contributed by atoms with E-state index in [4.69, 9.17) is 0 Å². The van der Waals surface area contributed by atoms with Crippen molar-refractivity contribution in [1.29, 1.82) is 0 Å². The minimum absolute atomic E-state index is 0.255. The molecular formula is C15H28N4O. The van der Waals surface area contributed by atoms with Gasteiger partial charge in [-0.1, -0.05) is 19.8 Å². The summed E-state index contributed by atoms with van der Waals surface area (Å²) < 4.78 is 0. The third kappa shape index (κ3) is 4.69. The summed E-state index contributed by atoms with van der Waals surface area (Å²) in [7, 11) is 0. The van der Waals surface area contributed by atoms with E-state index in [1.165, 1.54) is 19.3 Å². The molecule has 1 aliphatic heterocycles. The number of carbonyl (C=O) groups excluding carboxylic acids is 1. The SMILES string of the molecule is CCNC(=NCCC1CC1)NC1CCN(C(=O)CC)C1. The van der Waals surface area contributed by atoms with Crippen LogP contribution in [0.25, 0.3) is 0 Å². The average Bonchev–Trinajstić information content (AvgIpc) is 3.15. The number of nitrogens with zero attached hydrogens (tertiary/aromatic N) is 2. The Morgan fingerprint density at radius 1 is 1.30 bits per heavy atom. The van der Waals surface area contributed by atoms with Crippen LogP contribution in [0.3, 0.4) is 0 Å². The van der Waals surface area contributed by atoms with Gasteiger partial charge in [-0.15, -0.1) is 0 Å². The predicted octanol–water partition coefficient (Wildman–Crippen LogP) is 1.35. The maximum atomic E-state index is 11.7. The summed E-state index contributed by atoms with van der Waals surface area (Å²) in [5.74, 6) is 2.08. The van der Waals surface area contributed by atoms with Crippen LogP contribution in [0.15, 0.2) is 4.99 Å². The molecule has 0 aromatic rings. The topological polar surface area (TPSA) is 56.7 Å². The highest BCUT2D eigenvalue weighted by Crippen LogP contribution is 2.32. The van der Waals surface area contributed by atoms with Gasteiger partial charge >= 0.3 is 0 Å². The molecule has 2 aliphatic rings. The third-order valence-corrected chi connectivity index (χ3v) is 4.03. The fraction of sp³-hybridized carbons (Fsp3) is 0.867. The number of carbonyl (C=O) groups is 1. The van der Waals surface area contributed by atoms with Crippen LogP contribution < -0.4 is 10.6 Å². The molecule has 1 unspecified atom stereocenters. The van der Waals surface area contributed by atoms with Gasteiger partial charge in [0, 0.05) is 38.6 Å². The van der Waals surface area contributed by atoms with Gasteiger partial charge in [-0.2, -0.15) is 0 Å². The van der Waals surface area contributed by atoms with Gasteiger partial charge < -0.3 is 15.5 Å². The lowest BCUT2D eigenvalue weighted by Crippen LogP contribution is -2.45. The molecule has 0 aromatic heterocycles. The molecule has 2 fully saturated rings. The lowest BCUT2D eigenvalue weighted by atomic mass is 10.3. The van der Waals surface area contributed by atoms with Crippen molar-refractivity contribution in [3.63, 3.8) is 0 Å². The summed E-state index contributed by atoms with van der Waals surface area (Å²) >= 11 is 0. The highest BCUT2D eigenvalue weighted by Gasteiger charge is 2.26. The lowest BCUT2D eigenvalue weighted by Gasteiger charge is -2.18. The Morgan fingerprint density at radius 2 is 2.10 bits per heavy atom. The van der Waals surface area contributed by atoms with E-state index < -0.39 is 0 Å². The monoisotopic (exact) mass is 280 g/mol. The first-order valence-electron chi connectivity index (χ1n) is 8.05. The molecular weight excluding hydrogens is 252 g/mol. The second-order valence-electron chi connectivity index (χ2n) is 5.82. The fourth-order valence-corrected chi connectivity index (χ4v) is 2.61. The lowest BCUT2D eigenvalue weighted by molar-refractivity contribution is -0.129. The van der Waals surface area contributed by atoms with Gasteiger partial charge in [0.1, 0.15) is 0 Å². The van der Waals surface area contributed by atoms with Gasteiger partial charge in [0.25, 0.3) is 0 Å². The van der Waals surface area contributed by atoms with Gasteiger partial charge in [-0.05, 0) is 25.7 Å². The van der Waals surface area contributed by atoms with Crippen molar-refractivity contribution in [2.45, 2.75) is 52.0 Å². The maximum Gasteiger partial charge on any atom is 0.222 e. The Morgan fingerprint density at radius 3 is 2.75 bits per heavy atom. The van der Waals surface area contributed by atoms with Crippen LogP contribution in [0.1, 0.15) is 46.0 Å². The quantitative estimate of drug-likeness (QED) is 0.570. The molecule has 114 valence electrons. The largest absolute Gasteiger partial charge is 0.357 e. The molecule has 1 amide bonds. The molecule has 1 aliphatic carbocycles. The van der Waals surface area contributed by atoms with Crippen LogP contribution >= 0.6 is 0 Å². The van der Waals surface area contributed by atoms with Gasteiger partial charge in [0.05, 0.1) is 0 Å². The number of nitrogens with one attached hydrogen (secondary N) is 2. The van der Waals surface area contributed by atoms with Crippen LogP contribution in [0.2, 0.25) is 0 Å². The predicted molar refractivity (Wildman–Crippen MR) is 81.7 cm³/mol. The van der Waals surface area contributed by atoms with E-state index >= 15 is 0 Å². The van der Waals surface area contributed by atoms with Gasteiger partial charge in [-0.25, -0.2) is 0 Å². The second kappa shape index (κ2) is 7.50. The van der Waals surface area contributed by atoms with Crippen molar-refractivity contribution in [3.8, 4) is 0 Å². The van der Waals surface area contributed by atoms with E-state index in [1.807, 2.05) is 11.8 Å². The second-order valence-corrected chi connectivity index (χ2v) is 5.82. The molecule has 20 heavy (non-hydrogen) atoms. The molecule has 1 heterocycles. The van der Waals surface area contributed by atoms with Gasteiger partial charge in [-0.3, -0.25) is 9.79 Å². The number of rotatable bonds is 6. The van der Waals surface area contributed by atoms with Gasteiger partial charge in [0.2, 0.25) is 5.91 Å². The van der Waals surface area contributed by atoms with E-state index in [1.54, 1.807) is 0 Å². The summed E-state index contributed by atoms with van der Waals surface area (Å²) in [5.41, 5.74) is 0. The molecule has 2 rings (SSSR count). The molecule has 0 spiro atoms. The smallest absolute Gasteiger partial charge is 0.222 e. The molecule has 0 radical (unpaired) electrons. The van der Waals surface area contributed by atoms with Crippen LogP contribution in [-0.4, -0.2) is 49.0 Å². The van der Waals surface area contributed by atoms with E-state index in [-0.39, 0.29) is 5.91 Å². The normalized spacial score (nSPS) is 23.0. The summed E-state index contributed by atoms with van der Waals surface area (Å²) in [6.45, 7) is 7.46. The number of guanidine groups is 1. The molecule has 2 N–H and O–H groups in total. The molecule has 1 saturated carbocycles. The van der Waals surface area contributed by atoms with Crippen LogP contribution in [0, 0.1) is 5.92 Å². The van der Waals surface area contributed by atoms with Crippen LogP contribution in [0.4, 0.5) is 0 Å². The Bertz CT molecular complexity index is 352. The molecule has 0 aromatic carbocycles. The first-order chi connectivity index (χ1) is 9.72. The number of aliphatic imine (C=N–C) groups is 1. The first-order valence-corrected chi connectivity index (χ1v) is 8.05. The zero-order valence-corrected chi connectivity index (χ0v) is 12.8. The van der Waals surface area contributed by atoms with Crippen molar-refractivity contribution >= 4 is 11.9 Å². The molecule has 5 nitrogen and oxygen atoms in total. The average molecular weight is 280 g/mol. The number of hydrogen-bond acceptors (Lipinski definition) is 2. The number of likely N-dealkylation sites (tertiary alicyclic amines) is 1. The van der Waals surface area contributed by atoms with Gasteiger partial charge in [0.15, 0.2) is 5.96 Å².